The minimum Gasteiger partial charge on any atom is -0.396 e. The zero-order valence-electron chi connectivity index (χ0n) is 19.7. The van der Waals surface area contributed by atoms with E-state index in [4.69, 9.17) is 4.43 Å². The van der Waals surface area contributed by atoms with Crippen LogP contribution < -0.4 is 15.6 Å². The van der Waals surface area contributed by atoms with Crippen LogP contribution in [0.3, 0.4) is 0 Å². The molecule has 5 rings (SSSR count). The first-order valence-electron chi connectivity index (χ1n) is 12.0. The van der Waals surface area contributed by atoms with Crippen LogP contribution in [-0.2, 0) is 4.43 Å². The minimum atomic E-state index is -2.99. The van der Waals surface area contributed by atoms with E-state index < -0.39 is 14.4 Å². The second-order valence-electron chi connectivity index (χ2n) is 8.80. The average molecular weight is 470 g/mol. The Balaban J connectivity index is 1.80. The summed E-state index contributed by atoms with van der Waals surface area (Å²) in [4.78, 5) is 0. The predicted octanol–water partition coefficient (Wildman–Crippen LogP) is 5.72. The predicted molar refractivity (Wildman–Crippen MR) is 147 cm³/mol. The summed E-state index contributed by atoms with van der Waals surface area (Å²) in [5, 5.41) is 15.9. The van der Waals surface area contributed by atoms with Gasteiger partial charge < -0.3 is 4.43 Å². The highest BCUT2D eigenvalue weighted by Crippen LogP contribution is 2.34. The summed E-state index contributed by atoms with van der Waals surface area (Å²) in [7, 11) is -2.99. The van der Waals surface area contributed by atoms with Crippen LogP contribution in [0.5, 0.6) is 0 Å². The molecule has 0 fully saturated rings. The molecule has 35 heavy (non-hydrogen) atoms. The van der Waals surface area contributed by atoms with Gasteiger partial charge in [0.05, 0.1) is 18.1 Å². The van der Waals surface area contributed by atoms with E-state index in [1.54, 1.807) is 0 Å². The largest absolute Gasteiger partial charge is 0.396 e. The number of benzene rings is 5. The number of rotatable bonds is 7. The molecule has 0 amide bonds. The number of nitrogens with zero attached hydrogens (tertiary/aromatic N) is 1. The standard InChI is InChI=1S/C32H27NOSi/c1-25(24-33)32(31-23-13-15-26-14-11-12-22-30(26)31)34-35(27-16-5-2-6-17-27,28-18-7-3-8-19-28)29-20-9-4-10-21-29/h2-23,25,32H,1H3/t25-,32-/m1/s1. The Morgan fingerprint density at radius 2 is 1.06 bits per heavy atom. The average Bonchev–Trinajstić information content (AvgIpc) is 2.95. The third-order valence-corrected chi connectivity index (χ3v) is 10.7. The molecular weight excluding hydrogens is 442 g/mol. The van der Waals surface area contributed by atoms with E-state index in [1.165, 1.54) is 0 Å². The zero-order valence-corrected chi connectivity index (χ0v) is 20.7. The highest BCUT2D eigenvalue weighted by molar-refractivity contribution is 7.07. The van der Waals surface area contributed by atoms with E-state index in [0.717, 1.165) is 31.9 Å². The SMILES string of the molecule is C[C@H](C#N)[C@@H](O[Si](c1ccccc1)(c1ccccc1)c1ccccc1)c1cccc2ccccc12. The van der Waals surface area contributed by atoms with E-state index in [-0.39, 0.29) is 5.92 Å². The Bertz CT molecular complexity index is 1340. The summed E-state index contributed by atoms with van der Waals surface area (Å²) in [6.45, 7) is 1.96. The Morgan fingerprint density at radius 3 is 1.57 bits per heavy atom. The van der Waals surface area contributed by atoms with Gasteiger partial charge in [-0.05, 0) is 38.8 Å². The van der Waals surface area contributed by atoms with Crippen LogP contribution in [0.2, 0.25) is 0 Å². The molecule has 2 nitrogen and oxygen atoms in total. The van der Waals surface area contributed by atoms with Crippen molar-refractivity contribution in [3.05, 3.63) is 139 Å². The highest BCUT2D eigenvalue weighted by atomic mass is 28.4. The maximum absolute atomic E-state index is 10.1. The van der Waals surface area contributed by atoms with Crippen LogP contribution in [0.25, 0.3) is 10.8 Å². The summed E-state index contributed by atoms with van der Waals surface area (Å²) in [6, 6.07) is 48.7. The summed E-state index contributed by atoms with van der Waals surface area (Å²) in [5.74, 6) is -0.344. The molecule has 2 atom stereocenters. The van der Waals surface area contributed by atoms with Crippen LogP contribution in [0.1, 0.15) is 18.6 Å². The quantitative estimate of drug-likeness (QED) is 0.225. The zero-order chi connectivity index (χ0) is 24.1. The lowest BCUT2D eigenvalue weighted by Crippen LogP contribution is -2.69. The van der Waals surface area contributed by atoms with Gasteiger partial charge in [0.25, 0.3) is 8.32 Å². The fourth-order valence-corrected chi connectivity index (χ4v) is 9.02. The molecule has 0 aliphatic rings. The number of nitriles is 1. The number of hydrogen-bond acceptors (Lipinski definition) is 2. The molecule has 0 saturated carbocycles. The molecule has 0 bridgehead atoms. The minimum absolute atomic E-state index is 0.344. The maximum atomic E-state index is 10.1. The fraction of sp³-hybridized carbons (Fsp3) is 0.0938. The third kappa shape index (κ3) is 4.30. The van der Waals surface area contributed by atoms with Crippen molar-refractivity contribution in [2.75, 3.05) is 0 Å². The second kappa shape index (κ2) is 10.1. The first-order chi connectivity index (χ1) is 17.2. The van der Waals surface area contributed by atoms with Crippen molar-refractivity contribution >= 4 is 34.7 Å². The topological polar surface area (TPSA) is 33.0 Å². The Labute approximate surface area is 208 Å². The summed E-state index contributed by atoms with van der Waals surface area (Å²) >= 11 is 0. The Morgan fingerprint density at radius 1 is 0.600 bits per heavy atom. The van der Waals surface area contributed by atoms with E-state index in [0.29, 0.717) is 0 Å². The molecule has 5 aromatic rings. The van der Waals surface area contributed by atoms with Crippen LogP contribution in [0.15, 0.2) is 133 Å². The smallest absolute Gasteiger partial charge is 0.288 e. The van der Waals surface area contributed by atoms with Crippen molar-refractivity contribution < 1.29 is 4.43 Å². The van der Waals surface area contributed by atoms with Crippen molar-refractivity contribution in [1.82, 2.24) is 0 Å². The first kappa shape index (κ1) is 22.8. The van der Waals surface area contributed by atoms with Gasteiger partial charge in [-0.1, -0.05) is 133 Å². The first-order valence-corrected chi connectivity index (χ1v) is 13.9. The second-order valence-corrected chi connectivity index (χ2v) is 12.1. The van der Waals surface area contributed by atoms with Gasteiger partial charge in [0.15, 0.2) is 0 Å². The van der Waals surface area contributed by atoms with Gasteiger partial charge in [0.1, 0.15) is 0 Å². The molecule has 0 radical (unpaired) electrons. The molecule has 5 aromatic carbocycles. The van der Waals surface area contributed by atoms with Gasteiger partial charge in [-0.2, -0.15) is 5.26 Å². The molecular formula is C32H27NOSi. The van der Waals surface area contributed by atoms with Crippen molar-refractivity contribution in [3.63, 3.8) is 0 Å². The molecule has 170 valence electrons. The molecule has 0 N–H and O–H groups in total. The van der Waals surface area contributed by atoms with Crippen LogP contribution >= 0.6 is 0 Å². The molecule has 0 heterocycles. The lowest BCUT2D eigenvalue weighted by Gasteiger charge is -2.38. The van der Waals surface area contributed by atoms with E-state index >= 15 is 0 Å². The highest BCUT2D eigenvalue weighted by Gasteiger charge is 2.45. The Hall–Kier alpha value is -3.97. The molecule has 3 heteroatoms. The van der Waals surface area contributed by atoms with E-state index in [1.807, 2.05) is 31.2 Å². The molecule has 0 aliphatic carbocycles. The molecule has 0 saturated heterocycles. The summed E-state index contributed by atoms with van der Waals surface area (Å²) < 4.78 is 7.46. The van der Waals surface area contributed by atoms with E-state index in [2.05, 4.69) is 115 Å². The van der Waals surface area contributed by atoms with Crippen LogP contribution in [0.4, 0.5) is 0 Å². The monoisotopic (exact) mass is 469 g/mol. The van der Waals surface area contributed by atoms with Gasteiger partial charge in [-0.25, -0.2) is 0 Å². The number of hydrogen-bond donors (Lipinski definition) is 0. The van der Waals surface area contributed by atoms with Crippen molar-refractivity contribution in [1.29, 1.82) is 5.26 Å². The van der Waals surface area contributed by atoms with Gasteiger partial charge >= 0.3 is 0 Å². The summed E-state index contributed by atoms with van der Waals surface area (Å²) in [6.07, 6.45) is -0.404. The van der Waals surface area contributed by atoms with Crippen molar-refractivity contribution in [3.8, 4) is 6.07 Å². The third-order valence-electron chi connectivity index (χ3n) is 6.63. The van der Waals surface area contributed by atoms with Gasteiger partial charge in [-0.15, -0.1) is 0 Å². The van der Waals surface area contributed by atoms with Crippen molar-refractivity contribution in [2.24, 2.45) is 5.92 Å². The van der Waals surface area contributed by atoms with Crippen LogP contribution in [0, 0.1) is 17.2 Å². The fourth-order valence-electron chi connectivity index (χ4n) is 4.91. The molecule has 0 aliphatic heterocycles. The molecule has 0 aromatic heterocycles. The maximum Gasteiger partial charge on any atom is 0.288 e. The molecule has 0 unspecified atom stereocenters. The number of fused-ring (bicyclic) bond motifs is 1. The van der Waals surface area contributed by atoms with Gasteiger partial charge in [0, 0.05) is 0 Å². The van der Waals surface area contributed by atoms with Crippen molar-refractivity contribution in [2.45, 2.75) is 13.0 Å². The lowest BCUT2D eigenvalue weighted by atomic mass is 9.94. The molecule has 0 spiro atoms. The van der Waals surface area contributed by atoms with Crippen LogP contribution in [-0.4, -0.2) is 8.32 Å². The summed E-state index contributed by atoms with van der Waals surface area (Å²) in [5.41, 5.74) is 1.05. The van der Waals surface area contributed by atoms with E-state index in [9.17, 15) is 5.26 Å². The normalized spacial score (nSPS) is 13.1. The lowest BCUT2D eigenvalue weighted by molar-refractivity contribution is 0.171. The Kier molecular flexibility index (Phi) is 6.59. The van der Waals surface area contributed by atoms with Gasteiger partial charge in [0.2, 0.25) is 0 Å². The van der Waals surface area contributed by atoms with Gasteiger partial charge in [-0.3, -0.25) is 0 Å².